The lowest BCUT2D eigenvalue weighted by Gasteiger charge is -2.10. The predicted molar refractivity (Wildman–Crippen MR) is 84.1 cm³/mol. The summed E-state index contributed by atoms with van der Waals surface area (Å²) in [5, 5.41) is 7.95. The van der Waals surface area contributed by atoms with E-state index in [1.54, 1.807) is 11.8 Å². The lowest BCUT2D eigenvalue weighted by atomic mass is 10.2. The van der Waals surface area contributed by atoms with Gasteiger partial charge in [-0.1, -0.05) is 29.5 Å². The van der Waals surface area contributed by atoms with Crippen molar-refractivity contribution in [1.82, 2.24) is 15.0 Å². The number of nitrogens with zero attached hydrogens (tertiary/aromatic N) is 3. The number of aldehydes is 1. The molecule has 0 saturated heterocycles. The maximum Gasteiger partial charge on any atom is 0.172 e. The van der Waals surface area contributed by atoms with Crippen molar-refractivity contribution in [3.8, 4) is 17.2 Å². The van der Waals surface area contributed by atoms with Crippen LogP contribution in [0.3, 0.4) is 0 Å². The molecule has 0 fully saturated rings. The minimum Gasteiger partial charge on any atom is -0.497 e. The van der Waals surface area contributed by atoms with Gasteiger partial charge in [0.25, 0.3) is 0 Å². The van der Waals surface area contributed by atoms with Gasteiger partial charge >= 0.3 is 0 Å². The highest BCUT2D eigenvalue weighted by Gasteiger charge is 2.15. The highest BCUT2D eigenvalue weighted by atomic mass is 16.5. The van der Waals surface area contributed by atoms with Gasteiger partial charge in [-0.2, -0.15) is 0 Å². The maximum atomic E-state index is 11.2. The Kier molecular flexibility index (Phi) is 4.33. The average Bonchev–Trinajstić information content (AvgIpc) is 3.04. The average molecular weight is 309 g/mol. The SMILES string of the molecule is COc1cccc(-n2nnc(C=O)c2COc2ccccc2)c1. The number of para-hydroxylation sites is 1. The Balaban J connectivity index is 1.92. The van der Waals surface area contributed by atoms with Crippen molar-refractivity contribution in [2.24, 2.45) is 0 Å². The maximum absolute atomic E-state index is 11.2. The van der Waals surface area contributed by atoms with Gasteiger partial charge in [0.05, 0.1) is 12.8 Å². The second kappa shape index (κ2) is 6.74. The Morgan fingerprint density at radius 2 is 1.87 bits per heavy atom. The molecule has 6 nitrogen and oxygen atoms in total. The molecule has 0 aliphatic heterocycles. The molecule has 0 bridgehead atoms. The fourth-order valence-corrected chi connectivity index (χ4v) is 2.16. The fourth-order valence-electron chi connectivity index (χ4n) is 2.16. The van der Waals surface area contributed by atoms with Crippen LogP contribution in [0, 0.1) is 0 Å². The fraction of sp³-hybridized carbons (Fsp3) is 0.118. The van der Waals surface area contributed by atoms with E-state index in [4.69, 9.17) is 9.47 Å². The summed E-state index contributed by atoms with van der Waals surface area (Å²) in [6.07, 6.45) is 0.674. The molecule has 0 spiro atoms. The van der Waals surface area contributed by atoms with E-state index in [9.17, 15) is 4.79 Å². The van der Waals surface area contributed by atoms with Crippen LogP contribution in [0.15, 0.2) is 54.6 Å². The Morgan fingerprint density at radius 1 is 1.09 bits per heavy atom. The third-order valence-corrected chi connectivity index (χ3v) is 3.32. The van der Waals surface area contributed by atoms with Crippen LogP contribution in [-0.2, 0) is 6.61 Å². The normalized spacial score (nSPS) is 10.3. The summed E-state index contributed by atoms with van der Waals surface area (Å²) in [6.45, 7) is 0.183. The van der Waals surface area contributed by atoms with Crippen molar-refractivity contribution in [1.29, 1.82) is 0 Å². The Hall–Kier alpha value is -3.15. The van der Waals surface area contributed by atoms with E-state index in [0.29, 0.717) is 23.5 Å². The van der Waals surface area contributed by atoms with Crippen LogP contribution in [0.25, 0.3) is 5.69 Å². The number of benzene rings is 2. The van der Waals surface area contributed by atoms with Gasteiger partial charge in [0.1, 0.15) is 23.8 Å². The van der Waals surface area contributed by atoms with Crippen LogP contribution in [0.4, 0.5) is 0 Å². The van der Waals surface area contributed by atoms with Crippen molar-refractivity contribution in [3.05, 3.63) is 66.0 Å². The number of carbonyl (C=O) groups is 1. The van der Waals surface area contributed by atoms with E-state index in [-0.39, 0.29) is 12.3 Å². The third kappa shape index (κ3) is 3.21. The minimum atomic E-state index is 0.183. The largest absolute Gasteiger partial charge is 0.497 e. The number of carbonyl (C=O) groups excluding carboxylic acids is 1. The monoisotopic (exact) mass is 309 g/mol. The van der Waals surface area contributed by atoms with Gasteiger partial charge in [-0.15, -0.1) is 5.10 Å². The van der Waals surface area contributed by atoms with Crippen LogP contribution in [0.2, 0.25) is 0 Å². The number of hydrogen-bond acceptors (Lipinski definition) is 5. The van der Waals surface area contributed by atoms with Crippen molar-refractivity contribution < 1.29 is 14.3 Å². The summed E-state index contributed by atoms with van der Waals surface area (Å²) >= 11 is 0. The van der Waals surface area contributed by atoms with Crippen molar-refractivity contribution in [2.45, 2.75) is 6.61 Å². The number of rotatable bonds is 6. The first-order valence-corrected chi connectivity index (χ1v) is 7.04. The number of aromatic nitrogens is 3. The first-order chi connectivity index (χ1) is 11.3. The Morgan fingerprint density at radius 3 is 2.61 bits per heavy atom. The van der Waals surface area contributed by atoms with E-state index in [0.717, 1.165) is 5.69 Å². The van der Waals surface area contributed by atoms with Gasteiger partial charge in [0.2, 0.25) is 0 Å². The topological polar surface area (TPSA) is 66.2 Å². The van der Waals surface area contributed by atoms with Gasteiger partial charge in [-0.3, -0.25) is 4.79 Å². The zero-order valence-corrected chi connectivity index (χ0v) is 12.5. The highest BCUT2D eigenvalue weighted by molar-refractivity contribution is 5.73. The van der Waals surface area contributed by atoms with Crippen LogP contribution < -0.4 is 9.47 Å². The summed E-state index contributed by atoms with van der Waals surface area (Å²) in [5.41, 5.74) is 1.58. The first kappa shape index (κ1) is 14.8. The molecular formula is C17H15N3O3. The molecule has 3 rings (SSSR count). The predicted octanol–water partition coefficient (Wildman–Crippen LogP) is 2.67. The van der Waals surface area contributed by atoms with Crippen molar-refractivity contribution in [3.63, 3.8) is 0 Å². The summed E-state index contributed by atoms with van der Waals surface area (Å²) in [6, 6.07) is 16.7. The van der Waals surface area contributed by atoms with Gasteiger partial charge < -0.3 is 9.47 Å². The van der Waals surface area contributed by atoms with Gasteiger partial charge in [-0.25, -0.2) is 4.68 Å². The summed E-state index contributed by atoms with van der Waals surface area (Å²) in [7, 11) is 1.59. The van der Waals surface area contributed by atoms with E-state index in [2.05, 4.69) is 10.3 Å². The van der Waals surface area contributed by atoms with Gasteiger partial charge in [-0.05, 0) is 24.3 Å². The van der Waals surface area contributed by atoms with Crippen molar-refractivity contribution in [2.75, 3.05) is 7.11 Å². The molecule has 1 heterocycles. The first-order valence-electron chi connectivity index (χ1n) is 7.04. The van der Waals surface area contributed by atoms with Gasteiger partial charge in [0, 0.05) is 6.07 Å². The van der Waals surface area contributed by atoms with Crippen LogP contribution in [0.5, 0.6) is 11.5 Å². The molecule has 2 aromatic carbocycles. The van der Waals surface area contributed by atoms with E-state index >= 15 is 0 Å². The number of ether oxygens (including phenoxy) is 2. The highest BCUT2D eigenvalue weighted by Crippen LogP contribution is 2.19. The molecule has 0 unspecified atom stereocenters. The summed E-state index contributed by atoms with van der Waals surface area (Å²) < 4.78 is 12.5. The van der Waals surface area contributed by atoms with E-state index < -0.39 is 0 Å². The number of hydrogen-bond donors (Lipinski definition) is 0. The van der Waals surface area contributed by atoms with Crippen LogP contribution in [0.1, 0.15) is 16.2 Å². The molecule has 1 aromatic heterocycles. The standard InChI is InChI=1S/C17H15N3O3/c1-22-15-9-5-6-13(10-15)20-17(16(11-21)18-19-20)12-23-14-7-3-2-4-8-14/h2-11H,12H2,1H3. The molecule has 0 aliphatic carbocycles. The van der Waals surface area contributed by atoms with Crippen molar-refractivity contribution >= 4 is 6.29 Å². The van der Waals surface area contributed by atoms with Crippen LogP contribution >= 0.6 is 0 Å². The zero-order valence-electron chi connectivity index (χ0n) is 12.5. The molecule has 0 radical (unpaired) electrons. The second-order valence-corrected chi connectivity index (χ2v) is 4.75. The Bertz CT molecular complexity index is 800. The summed E-state index contributed by atoms with van der Waals surface area (Å²) in [5.74, 6) is 1.41. The molecule has 0 saturated carbocycles. The van der Waals surface area contributed by atoms with Gasteiger partial charge in [0.15, 0.2) is 12.0 Å². The molecular weight excluding hydrogens is 294 g/mol. The molecule has 116 valence electrons. The summed E-state index contributed by atoms with van der Waals surface area (Å²) in [4.78, 5) is 11.2. The second-order valence-electron chi connectivity index (χ2n) is 4.75. The molecule has 0 aliphatic rings. The molecule has 23 heavy (non-hydrogen) atoms. The minimum absolute atomic E-state index is 0.183. The quantitative estimate of drug-likeness (QED) is 0.655. The molecule has 3 aromatic rings. The van der Waals surface area contributed by atoms with E-state index in [1.807, 2.05) is 54.6 Å². The smallest absolute Gasteiger partial charge is 0.172 e. The molecule has 0 N–H and O–H groups in total. The Labute approximate surface area is 133 Å². The van der Waals surface area contributed by atoms with Crippen LogP contribution in [-0.4, -0.2) is 28.4 Å². The lowest BCUT2D eigenvalue weighted by Crippen LogP contribution is -2.07. The lowest BCUT2D eigenvalue weighted by molar-refractivity contribution is 0.111. The molecule has 6 heteroatoms. The number of methoxy groups -OCH3 is 1. The molecule has 0 atom stereocenters. The van der Waals surface area contributed by atoms with E-state index in [1.165, 1.54) is 0 Å². The zero-order chi connectivity index (χ0) is 16.1. The third-order valence-electron chi connectivity index (χ3n) is 3.32. The molecule has 0 amide bonds.